The lowest BCUT2D eigenvalue weighted by molar-refractivity contribution is -0.137. The van der Waals surface area contributed by atoms with Gasteiger partial charge < -0.3 is 9.47 Å². The molecule has 0 fully saturated rings. The topological polar surface area (TPSA) is 52.6 Å². The van der Waals surface area contributed by atoms with E-state index in [9.17, 15) is 22.8 Å². The molecule has 0 bridgehead atoms. The van der Waals surface area contributed by atoms with Crippen molar-refractivity contribution in [2.45, 2.75) is 20.0 Å². The zero-order chi connectivity index (χ0) is 33.3. The first-order valence-corrected chi connectivity index (χ1v) is 13.7. The Balaban J connectivity index is 1.45. The zero-order valence-corrected chi connectivity index (χ0v) is 24.8. The Hall–Kier alpha value is -6.23. The Bertz CT molecular complexity index is 2000. The van der Waals surface area contributed by atoms with Gasteiger partial charge in [-0.3, -0.25) is 0 Å². The van der Waals surface area contributed by atoms with Crippen LogP contribution in [0.15, 0.2) is 115 Å². The van der Waals surface area contributed by atoms with Gasteiger partial charge in [-0.15, -0.1) is 0 Å². The predicted octanol–water partition coefficient (Wildman–Crippen LogP) is 7.87. The molecule has 4 aromatic rings. The number of carbonyl (C=O) groups excluding carboxylic acids is 2. The molecule has 0 spiro atoms. The maximum Gasteiger partial charge on any atom is 0.417 e. The average Bonchev–Trinajstić information content (AvgIpc) is 3.03. The molecular formula is C39H25F3O4. The maximum absolute atomic E-state index is 13.9. The van der Waals surface area contributed by atoms with Gasteiger partial charge in [-0.25, -0.2) is 9.59 Å². The summed E-state index contributed by atoms with van der Waals surface area (Å²) in [6.07, 6.45) is -4.64. The molecule has 0 N–H and O–H groups in total. The highest BCUT2D eigenvalue weighted by molar-refractivity contribution is 5.89. The number of esters is 2. The highest BCUT2D eigenvalue weighted by Crippen LogP contribution is 2.32. The van der Waals surface area contributed by atoms with E-state index in [-0.39, 0.29) is 22.4 Å². The van der Waals surface area contributed by atoms with E-state index in [1.807, 2.05) is 0 Å². The fraction of sp³-hybridized carbons (Fsp3) is 0.0769. The summed E-state index contributed by atoms with van der Waals surface area (Å²) in [4.78, 5) is 23.3. The Morgan fingerprint density at radius 3 is 1.24 bits per heavy atom. The Morgan fingerprint density at radius 1 is 0.543 bits per heavy atom. The summed E-state index contributed by atoms with van der Waals surface area (Å²) in [5, 5.41) is 0. The average molecular weight is 615 g/mol. The maximum atomic E-state index is 13.9. The smallest absolute Gasteiger partial charge is 0.417 e. The second kappa shape index (κ2) is 14.5. The number of alkyl halides is 3. The number of halogens is 3. The minimum absolute atomic E-state index is 0.183. The van der Waals surface area contributed by atoms with Crippen LogP contribution in [-0.4, -0.2) is 11.9 Å². The number of carbonyl (C=O) groups is 2. The normalized spacial score (nSPS) is 10.1. The third kappa shape index (κ3) is 9.38. The molecule has 0 heterocycles. The van der Waals surface area contributed by atoms with Gasteiger partial charge in [-0.2, -0.15) is 13.2 Å². The number of ether oxygens (including phenoxy) is 2. The number of rotatable bonds is 4. The van der Waals surface area contributed by atoms with E-state index in [0.29, 0.717) is 33.6 Å². The molecule has 0 aliphatic heterocycles. The summed E-state index contributed by atoms with van der Waals surface area (Å²) in [6, 6.07) is 23.5. The van der Waals surface area contributed by atoms with Crippen LogP contribution in [0.4, 0.5) is 13.2 Å². The van der Waals surface area contributed by atoms with Gasteiger partial charge in [0, 0.05) is 44.5 Å². The van der Waals surface area contributed by atoms with Crippen molar-refractivity contribution in [2.75, 3.05) is 0 Å². The van der Waals surface area contributed by atoms with Gasteiger partial charge in [0.25, 0.3) is 0 Å². The van der Waals surface area contributed by atoms with Crippen LogP contribution in [0.1, 0.15) is 52.8 Å². The molecule has 46 heavy (non-hydrogen) atoms. The summed E-state index contributed by atoms with van der Waals surface area (Å²) in [7, 11) is 0. The van der Waals surface area contributed by atoms with Crippen LogP contribution in [0.3, 0.4) is 0 Å². The molecule has 0 aliphatic rings. The molecule has 7 heteroatoms. The first-order chi connectivity index (χ1) is 21.9. The van der Waals surface area contributed by atoms with Crippen molar-refractivity contribution in [3.05, 3.63) is 154 Å². The first-order valence-electron chi connectivity index (χ1n) is 13.7. The van der Waals surface area contributed by atoms with Gasteiger partial charge in [-0.05, 0) is 105 Å². The SMILES string of the molecule is C=C(C)C(=O)Oc1ccc(C#Cc2ccc(C#Cc3ccc(C#Cc4ccc(OC(=O)C(=C)C)cc4)c(C(F)(F)F)c3)cc2)cc1. The fourth-order valence-corrected chi connectivity index (χ4v) is 3.63. The molecule has 0 saturated heterocycles. The third-order valence-corrected chi connectivity index (χ3v) is 6.08. The molecule has 0 atom stereocenters. The van der Waals surface area contributed by atoms with E-state index in [1.165, 1.54) is 31.2 Å². The zero-order valence-electron chi connectivity index (χ0n) is 24.8. The van der Waals surface area contributed by atoms with E-state index >= 15 is 0 Å². The molecule has 0 radical (unpaired) electrons. The Morgan fingerprint density at radius 2 is 0.870 bits per heavy atom. The molecule has 4 nitrogen and oxygen atoms in total. The van der Waals surface area contributed by atoms with E-state index in [0.717, 1.165) is 6.07 Å². The van der Waals surface area contributed by atoms with Crippen LogP contribution in [0.25, 0.3) is 0 Å². The lowest BCUT2D eigenvalue weighted by atomic mass is 10.0. The van der Waals surface area contributed by atoms with Crippen LogP contribution in [0, 0.1) is 35.5 Å². The molecule has 0 unspecified atom stereocenters. The van der Waals surface area contributed by atoms with Crippen molar-refractivity contribution in [3.63, 3.8) is 0 Å². The van der Waals surface area contributed by atoms with Gasteiger partial charge in [0.1, 0.15) is 11.5 Å². The van der Waals surface area contributed by atoms with Gasteiger partial charge in [0.2, 0.25) is 0 Å². The molecular weight excluding hydrogens is 589 g/mol. The molecule has 0 amide bonds. The van der Waals surface area contributed by atoms with Crippen molar-refractivity contribution in [3.8, 4) is 47.0 Å². The molecule has 4 rings (SSSR count). The predicted molar refractivity (Wildman–Crippen MR) is 170 cm³/mol. The van der Waals surface area contributed by atoms with Crippen LogP contribution in [0.5, 0.6) is 11.5 Å². The monoisotopic (exact) mass is 614 g/mol. The highest BCUT2D eigenvalue weighted by Gasteiger charge is 2.33. The fourth-order valence-electron chi connectivity index (χ4n) is 3.63. The Labute approximate surface area is 265 Å². The van der Waals surface area contributed by atoms with Gasteiger partial charge in [-0.1, -0.05) is 48.7 Å². The third-order valence-electron chi connectivity index (χ3n) is 6.08. The standard InChI is InChI=1S/C39H25F3O4/c1-26(2)37(43)45-34-21-15-30(16-22-34)10-9-28-5-7-29(8-6-28)11-12-32-14-20-33(36(25-32)39(40,41)42)19-13-31-17-23-35(24-18-31)46-38(44)27(3)4/h5-8,14-18,20-25H,1,3H2,2,4H3. The lowest BCUT2D eigenvalue weighted by Gasteiger charge is -2.09. The van der Waals surface area contributed by atoms with Crippen molar-refractivity contribution in [1.29, 1.82) is 0 Å². The van der Waals surface area contributed by atoms with E-state index in [2.05, 4.69) is 48.7 Å². The molecule has 4 aromatic carbocycles. The van der Waals surface area contributed by atoms with Gasteiger partial charge in [0.05, 0.1) is 5.56 Å². The molecule has 0 aliphatic carbocycles. The van der Waals surface area contributed by atoms with Crippen molar-refractivity contribution >= 4 is 11.9 Å². The summed E-state index contributed by atoms with van der Waals surface area (Å²) >= 11 is 0. The molecule has 0 saturated carbocycles. The van der Waals surface area contributed by atoms with Crippen LogP contribution in [-0.2, 0) is 15.8 Å². The minimum Gasteiger partial charge on any atom is -0.423 e. The Kier molecular flexibility index (Phi) is 10.3. The number of hydrogen-bond acceptors (Lipinski definition) is 4. The molecule has 226 valence electrons. The van der Waals surface area contributed by atoms with Crippen molar-refractivity contribution < 1.29 is 32.2 Å². The van der Waals surface area contributed by atoms with Crippen molar-refractivity contribution in [1.82, 2.24) is 0 Å². The molecule has 0 aromatic heterocycles. The summed E-state index contributed by atoms with van der Waals surface area (Å²) in [5.41, 5.74) is 2.11. The van der Waals surface area contributed by atoms with Crippen LogP contribution in [0.2, 0.25) is 0 Å². The van der Waals surface area contributed by atoms with Crippen LogP contribution < -0.4 is 9.47 Å². The highest BCUT2D eigenvalue weighted by atomic mass is 19.4. The second-order valence-electron chi connectivity index (χ2n) is 9.97. The first kappa shape index (κ1) is 32.7. The van der Waals surface area contributed by atoms with E-state index in [1.54, 1.807) is 67.6 Å². The van der Waals surface area contributed by atoms with E-state index < -0.39 is 23.7 Å². The minimum atomic E-state index is -4.64. The van der Waals surface area contributed by atoms with E-state index in [4.69, 9.17) is 9.47 Å². The van der Waals surface area contributed by atoms with Gasteiger partial charge >= 0.3 is 18.1 Å². The quantitative estimate of drug-likeness (QED) is 0.102. The number of hydrogen-bond donors (Lipinski definition) is 0. The number of benzene rings is 4. The van der Waals surface area contributed by atoms with Crippen molar-refractivity contribution in [2.24, 2.45) is 0 Å². The largest absolute Gasteiger partial charge is 0.423 e. The van der Waals surface area contributed by atoms with Gasteiger partial charge in [0.15, 0.2) is 0 Å². The van der Waals surface area contributed by atoms with Crippen LogP contribution >= 0.6 is 0 Å². The summed E-state index contributed by atoms with van der Waals surface area (Å²) < 4.78 is 51.9. The summed E-state index contributed by atoms with van der Waals surface area (Å²) in [6.45, 7) is 10.1. The second-order valence-corrected chi connectivity index (χ2v) is 9.97. The summed E-state index contributed by atoms with van der Waals surface area (Å²) in [5.74, 6) is 16.6. The lowest BCUT2D eigenvalue weighted by Crippen LogP contribution is -2.08.